The third-order valence-electron chi connectivity index (χ3n) is 4.46. The summed E-state index contributed by atoms with van der Waals surface area (Å²) in [7, 11) is 0. The summed E-state index contributed by atoms with van der Waals surface area (Å²) in [6.07, 6.45) is -4.98. The number of hydrogen-bond acceptors (Lipinski definition) is 3. The van der Waals surface area contributed by atoms with Crippen LogP contribution in [-0.4, -0.2) is 24.0 Å². The summed E-state index contributed by atoms with van der Waals surface area (Å²) in [5, 5.41) is 4.43. The Morgan fingerprint density at radius 1 is 1.07 bits per heavy atom. The molecule has 2 N–H and O–H groups in total. The van der Waals surface area contributed by atoms with E-state index in [-0.39, 0.29) is 12.8 Å². The number of benzene rings is 2. The number of ether oxygens (including phenoxy) is 1. The highest BCUT2D eigenvalue weighted by atomic mass is 19.4. The van der Waals surface area contributed by atoms with Crippen LogP contribution in [0.25, 0.3) is 0 Å². The molecule has 0 aliphatic carbocycles. The molecule has 28 heavy (non-hydrogen) atoms. The van der Waals surface area contributed by atoms with Gasteiger partial charge in [0, 0.05) is 5.69 Å². The van der Waals surface area contributed by atoms with Crippen molar-refractivity contribution >= 4 is 17.5 Å². The van der Waals surface area contributed by atoms with Crippen molar-refractivity contribution in [3.8, 4) is 5.75 Å². The zero-order chi connectivity index (χ0) is 20.1. The van der Waals surface area contributed by atoms with E-state index in [0.717, 1.165) is 5.56 Å². The van der Waals surface area contributed by atoms with Gasteiger partial charge >= 0.3 is 6.18 Å². The lowest BCUT2D eigenvalue weighted by Gasteiger charge is -2.29. The van der Waals surface area contributed by atoms with E-state index >= 15 is 0 Å². The van der Waals surface area contributed by atoms with Crippen LogP contribution in [0.15, 0.2) is 54.6 Å². The third-order valence-corrected chi connectivity index (χ3v) is 4.46. The Balaban J connectivity index is 1.52. The molecule has 3 rings (SSSR count). The van der Waals surface area contributed by atoms with Gasteiger partial charge in [-0.25, -0.2) is 0 Å². The molecule has 1 aliphatic rings. The fraction of sp³-hybridized carbons (Fsp3) is 0.300. The van der Waals surface area contributed by atoms with Crippen molar-refractivity contribution in [3.63, 3.8) is 0 Å². The van der Waals surface area contributed by atoms with E-state index in [1.807, 2.05) is 35.6 Å². The average Bonchev–Trinajstić information content (AvgIpc) is 2.67. The molecule has 1 saturated heterocycles. The van der Waals surface area contributed by atoms with Crippen LogP contribution in [0.2, 0.25) is 0 Å². The van der Waals surface area contributed by atoms with Crippen LogP contribution < -0.4 is 15.4 Å². The summed E-state index contributed by atoms with van der Waals surface area (Å²) in [4.78, 5) is 24.1. The second-order valence-electron chi connectivity index (χ2n) is 6.52. The van der Waals surface area contributed by atoms with Crippen LogP contribution >= 0.6 is 0 Å². The fourth-order valence-electron chi connectivity index (χ4n) is 2.91. The molecule has 8 heteroatoms. The number of halogens is 3. The highest BCUT2D eigenvalue weighted by molar-refractivity contribution is 6.06. The van der Waals surface area contributed by atoms with Gasteiger partial charge in [0.1, 0.15) is 24.3 Å². The van der Waals surface area contributed by atoms with Crippen LogP contribution in [0.5, 0.6) is 5.75 Å². The van der Waals surface area contributed by atoms with Gasteiger partial charge in [-0.3, -0.25) is 9.59 Å². The van der Waals surface area contributed by atoms with Gasteiger partial charge in [0.05, 0.1) is 0 Å². The normalized spacial score (nSPS) is 19.6. The van der Waals surface area contributed by atoms with Crippen molar-refractivity contribution in [1.82, 2.24) is 5.32 Å². The minimum Gasteiger partial charge on any atom is -0.489 e. The van der Waals surface area contributed by atoms with Crippen molar-refractivity contribution in [1.29, 1.82) is 0 Å². The smallest absolute Gasteiger partial charge is 0.408 e. The largest absolute Gasteiger partial charge is 0.489 e. The number of amides is 2. The summed E-state index contributed by atoms with van der Waals surface area (Å²) < 4.78 is 43.7. The number of alkyl halides is 3. The van der Waals surface area contributed by atoms with E-state index < -0.39 is 30.0 Å². The molecule has 2 amide bonds. The summed E-state index contributed by atoms with van der Waals surface area (Å²) in [5.74, 6) is -2.08. The first-order chi connectivity index (χ1) is 13.3. The molecule has 1 heterocycles. The third kappa shape index (κ3) is 5.03. The van der Waals surface area contributed by atoms with Crippen LogP contribution in [0.4, 0.5) is 18.9 Å². The topological polar surface area (TPSA) is 67.4 Å². The molecule has 2 atom stereocenters. The van der Waals surface area contributed by atoms with Gasteiger partial charge in [0.15, 0.2) is 0 Å². The molecule has 1 fully saturated rings. The second kappa shape index (κ2) is 8.33. The van der Waals surface area contributed by atoms with Crippen LogP contribution in [0.1, 0.15) is 18.4 Å². The average molecular weight is 392 g/mol. The van der Waals surface area contributed by atoms with Crippen molar-refractivity contribution in [3.05, 3.63) is 60.2 Å². The van der Waals surface area contributed by atoms with E-state index in [9.17, 15) is 22.8 Å². The Bertz CT molecular complexity index is 823. The maximum Gasteiger partial charge on any atom is 0.408 e. The Morgan fingerprint density at radius 3 is 2.36 bits per heavy atom. The van der Waals surface area contributed by atoms with Gasteiger partial charge in [-0.1, -0.05) is 30.3 Å². The highest BCUT2D eigenvalue weighted by Gasteiger charge is 2.45. The molecular weight excluding hydrogens is 373 g/mol. The van der Waals surface area contributed by atoms with Gasteiger partial charge < -0.3 is 15.4 Å². The highest BCUT2D eigenvalue weighted by Crippen LogP contribution is 2.29. The zero-order valence-electron chi connectivity index (χ0n) is 14.8. The minimum atomic E-state index is -4.51. The van der Waals surface area contributed by atoms with Gasteiger partial charge in [0.2, 0.25) is 11.8 Å². The molecule has 0 saturated carbocycles. The van der Waals surface area contributed by atoms with Gasteiger partial charge in [-0.15, -0.1) is 0 Å². The number of anilines is 1. The van der Waals surface area contributed by atoms with E-state index in [4.69, 9.17) is 4.74 Å². The first kappa shape index (κ1) is 19.7. The number of nitrogens with one attached hydrogen (secondary N) is 2. The molecule has 0 radical (unpaired) electrons. The molecule has 148 valence electrons. The van der Waals surface area contributed by atoms with E-state index in [1.165, 1.54) is 0 Å². The Kier molecular flexibility index (Phi) is 5.87. The van der Waals surface area contributed by atoms with Gasteiger partial charge in [0.25, 0.3) is 0 Å². The first-order valence-electron chi connectivity index (χ1n) is 8.77. The summed E-state index contributed by atoms with van der Waals surface area (Å²) in [6.45, 7) is 0.398. The van der Waals surface area contributed by atoms with Gasteiger partial charge in [-0.2, -0.15) is 13.2 Å². The van der Waals surface area contributed by atoms with Crippen molar-refractivity contribution in [2.75, 3.05) is 5.32 Å². The molecule has 0 aromatic heterocycles. The Hall–Kier alpha value is -3.03. The lowest BCUT2D eigenvalue weighted by molar-refractivity contribution is -0.170. The van der Waals surface area contributed by atoms with Crippen LogP contribution in [-0.2, 0) is 16.2 Å². The zero-order valence-corrected chi connectivity index (χ0v) is 14.8. The molecule has 0 bridgehead atoms. The number of piperidine rings is 1. The number of carbonyl (C=O) groups is 2. The summed E-state index contributed by atoms with van der Waals surface area (Å²) >= 11 is 0. The van der Waals surface area contributed by atoms with E-state index in [0.29, 0.717) is 18.0 Å². The number of hydrogen-bond donors (Lipinski definition) is 2. The van der Waals surface area contributed by atoms with Crippen LogP contribution in [0, 0.1) is 5.92 Å². The SMILES string of the molecule is O=C(Nc1ccc(OCc2ccccc2)cc1)[C@H]1CC[C@H](C(F)(F)F)NC1=O. The van der Waals surface area contributed by atoms with E-state index in [2.05, 4.69) is 5.32 Å². The summed E-state index contributed by atoms with van der Waals surface area (Å²) in [5.41, 5.74) is 1.45. The molecule has 5 nitrogen and oxygen atoms in total. The predicted octanol–water partition coefficient (Wildman–Crippen LogP) is 3.66. The van der Waals surface area contributed by atoms with Crippen molar-refractivity contribution in [2.24, 2.45) is 5.92 Å². The molecule has 0 unspecified atom stereocenters. The molecule has 2 aromatic rings. The van der Waals surface area contributed by atoms with Crippen LogP contribution in [0.3, 0.4) is 0 Å². The molecule has 1 aliphatic heterocycles. The standard InChI is InChI=1S/C20H19F3N2O3/c21-20(22,23)17-11-10-16(19(27)25-17)18(26)24-14-6-8-15(9-7-14)28-12-13-4-2-1-3-5-13/h1-9,16-17H,10-12H2,(H,24,26)(H,25,27)/t16-,17-/m1/s1. The van der Waals surface area contributed by atoms with Crippen molar-refractivity contribution in [2.45, 2.75) is 31.7 Å². The van der Waals surface area contributed by atoms with E-state index in [1.54, 1.807) is 24.3 Å². The predicted molar refractivity (Wildman–Crippen MR) is 96.6 cm³/mol. The Labute approximate surface area is 159 Å². The molecular formula is C20H19F3N2O3. The first-order valence-corrected chi connectivity index (χ1v) is 8.77. The quantitative estimate of drug-likeness (QED) is 0.763. The Morgan fingerprint density at radius 2 is 1.75 bits per heavy atom. The minimum absolute atomic E-state index is 0.153. The lowest BCUT2D eigenvalue weighted by Crippen LogP contribution is -2.53. The number of carbonyl (C=O) groups excluding carboxylic acids is 2. The van der Waals surface area contributed by atoms with Crippen molar-refractivity contribution < 1.29 is 27.5 Å². The maximum absolute atomic E-state index is 12.7. The molecule has 0 spiro atoms. The molecule has 2 aromatic carbocycles. The second-order valence-corrected chi connectivity index (χ2v) is 6.52. The van der Waals surface area contributed by atoms with Gasteiger partial charge in [-0.05, 0) is 42.7 Å². The maximum atomic E-state index is 12.7. The monoisotopic (exact) mass is 392 g/mol. The summed E-state index contributed by atoms with van der Waals surface area (Å²) in [6, 6.07) is 14.3. The lowest BCUT2D eigenvalue weighted by atomic mass is 9.92. The fourth-order valence-corrected chi connectivity index (χ4v) is 2.91. The number of rotatable bonds is 5.